The van der Waals surface area contributed by atoms with E-state index in [9.17, 15) is 18.8 Å². The van der Waals surface area contributed by atoms with Crippen LogP contribution in [0.15, 0.2) is 18.2 Å². The summed E-state index contributed by atoms with van der Waals surface area (Å²) >= 11 is 0. The highest BCUT2D eigenvalue weighted by atomic mass is 19.1. The van der Waals surface area contributed by atoms with E-state index < -0.39 is 11.9 Å². The molecule has 1 saturated heterocycles. The lowest BCUT2D eigenvalue weighted by molar-refractivity contribution is -0.137. The average molecular weight is 322 g/mol. The summed E-state index contributed by atoms with van der Waals surface area (Å²) in [4.78, 5) is 36.0. The summed E-state index contributed by atoms with van der Waals surface area (Å²) in [5, 5.41) is 11.2. The number of aryl methyl sites for hydroxylation is 1. The number of hydrogen-bond donors (Lipinski definition) is 2. The molecule has 1 unspecified atom stereocenters. The molecule has 1 aromatic carbocycles. The van der Waals surface area contributed by atoms with E-state index in [-0.39, 0.29) is 43.6 Å². The molecule has 1 heterocycles. The number of carboxylic acids is 1. The van der Waals surface area contributed by atoms with E-state index in [4.69, 9.17) is 5.11 Å². The third-order valence-electron chi connectivity index (χ3n) is 3.82. The fourth-order valence-electron chi connectivity index (χ4n) is 2.53. The first-order valence-corrected chi connectivity index (χ1v) is 7.44. The maximum Gasteiger partial charge on any atom is 0.303 e. The van der Waals surface area contributed by atoms with Crippen molar-refractivity contribution in [2.75, 3.05) is 18.0 Å². The van der Waals surface area contributed by atoms with Crippen LogP contribution in [0.25, 0.3) is 0 Å². The van der Waals surface area contributed by atoms with Crippen LogP contribution in [0.1, 0.15) is 24.8 Å². The largest absolute Gasteiger partial charge is 0.481 e. The number of amides is 2. The number of rotatable bonds is 6. The van der Waals surface area contributed by atoms with E-state index in [2.05, 4.69) is 5.32 Å². The van der Waals surface area contributed by atoms with E-state index in [1.165, 1.54) is 17.0 Å². The number of carboxylic acid groups (broad SMARTS) is 1. The summed E-state index contributed by atoms with van der Waals surface area (Å²) in [5.74, 6) is -2.16. The van der Waals surface area contributed by atoms with Crippen LogP contribution in [-0.4, -0.2) is 36.0 Å². The smallest absolute Gasteiger partial charge is 0.303 e. The van der Waals surface area contributed by atoms with Crippen molar-refractivity contribution < 1.29 is 23.9 Å². The van der Waals surface area contributed by atoms with E-state index in [0.29, 0.717) is 17.7 Å². The molecule has 0 saturated carbocycles. The first-order valence-electron chi connectivity index (χ1n) is 7.44. The first kappa shape index (κ1) is 16.9. The molecule has 0 spiro atoms. The van der Waals surface area contributed by atoms with Gasteiger partial charge in [0.1, 0.15) is 5.82 Å². The van der Waals surface area contributed by atoms with Gasteiger partial charge < -0.3 is 15.3 Å². The van der Waals surface area contributed by atoms with Crippen molar-refractivity contribution >= 4 is 23.5 Å². The Kier molecular flexibility index (Phi) is 5.31. The Balaban J connectivity index is 1.92. The van der Waals surface area contributed by atoms with Gasteiger partial charge in [0.05, 0.1) is 5.92 Å². The summed E-state index contributed by atoms with van der Waals surface area (Å²) < 4.78 is 13.3. The molecule has 1 atom stereocenters. The van der Waals surface area contributed by atoms with Gasteiger partial charge in [-0.05, 0) is 37.1 Å². The van der Waals surface area contributed by atoms with E-state index in [1.807, 2.05) is 0 Å². The van der Waals surface area contributed by atoms with E-state index in [0.717, 1.165) is 0 Å². The molecule has 0 radical (unpaired) electrons. The van der Waals surface area contributed by atoms with Crippen molar-refractivity contribution in [1.29, 1.82) is 0 Å². The van der Waals surface area contributed by atoms with Gasteiger partial charge in [-0.25, -0.2) is 4.39 Å². The molecular weight excluding hydrogens is 303 g/mol. The Morgan fingerprint density at radius 2 is 2.17 bits per heavy atom. The Morgan fingerprint density at radius 3 is 2.83 bits per heavy atom. The maximum absolute atomic E-state index is 13.3. The van der Waals surface area contributed by atoms with Crippen LogP contribution in [0, 0.1) is 18.7 Å². The molecule has 0 bridgehead atoms. The van der Waals surface area contributed by atoms with Gasteiger partial charge in [-0.1, -0.05) is 0 Å². The van der Waals surface area contributed by atoms with E-state index in [1.54, 1.807) is 13.0 Å². The van der Waals surface area contributed by atoms with Gasteiger partial charge in [0.2, 0.25) is 11.8 Å². The second kappa shape index (κ2) is 7.21. The predicted octanol–water partition coefficient (Wildman–Crippen LogP) is 1.47. The van der Waals surface area contributed by atoms with Crippen LogP contribution < -0.4 is 10.2 Å². The third-order valence-corrected chi connectivity index (χ3v) is 3.82. The lowest BCUT2D eigenvalue weighted by Crippen LogP contribution is -2.33. The Bertz CT molecular complexity index is 633. The number of aliphatic carboxylic acids is 1. The van der Waals surface area contributed by atoms with Crippen LogP contribution in [0.5, 0.6) is 0 Å². The summed E-state index contributed by atoms with van der Waals surface area (Å²) in [6.07, 6.45) is 0.439. The summed E-state index contributed by atoms with van der Waals surface area (Å²) in [5.41, 5.74) is 1.02. The molecule has 6 nitrogen and oxygen atoms in total. The monoisotopic (exact) mass is 322 g/mol. The molecule has 1 aliphatic rings. The standard InChI is InChI=1S/C16H19FN2O4/c1-10-7-12(4-5-13(10)17)19-9-11(8-14(19)20)16(23)18-6-2-3-15(21)22/h4-5,7,11H,2-3,6,8-9H2,1H3,(H,18,23)(H,21,22). The number of benzene rings is 1. The number of nitrogens with zero attached hydrogens (tertiary/aromatic N) is 1. The zero-order valence-electron chi connectivity index (χ0n) is 12.8. The lowest BCUT2D eigenvalue weighted by Gasteiger charge is -2.17. The molecule has 124 valence electrons. The molecule has 1 aliphatic heterocycles. The van der Waals surface area contributed by atoms with Gasteiger partial charge in [-0.2, -0.15) is 0 Å². The molecule has 1 fully saturated rings. The van der Waals surface area contributed by atoms with Gasteiger partial charge in [0, 0.05) is 31.6 Å². The Hall–Kier alpha value is -2.44. The van der Waals surface area contributed by atoms with Gasteiger partial charge in [-0.15, -0.1) is 0 Å². The molecule has 0 aromatic heterocycles. The number of nitrogens with one attached hydrogen (secondary N) is 1. The Morgan fingerprint density at radius 1 is 1.43 bits per heavy atom. The van der Waals surface area contributed by atoms with Crippen LogP contribution in [0.4, 0.5) is 10.1 Å². The minimum atomic E-state index is -0.909. The first-order chi connectivity index (χ1) is 10.9. The summed E-state index contributed by atoms with van der Waals surface area (Å²) in [6, 6.07) is 4.41. The van der Waals surface area contributed by atoms with E-state index >= 15 is 0 Å². The lowest BCUT2D eigenvalue weighted by atomic mass is 10.1. The van der Waals surface area contributed by atoms with Crippen molar-refractivity contribution in [3.05, 3.63) is 29.6 Å². The minimum Gasteiger partial charge on any atom is -0.481 e. The van der Waals surface area contributed by atoms with Crippen molar-refractivity contribution in [3.63, 3.8) is 0 Å². The molecule has 7 heteroatoms. The Labute approximate surface area is 133 Å². The van der Waals surface area contributed by atoms with Crippen molar-refractivity contribution in [2.45, 2.75) is 26.2 Å². The topological polar surface area (TPSA) is 86.7 Å². The normalized spacial score (nSPS) is 17.4. The predicted molar refractivity (Wildman–Crippen MR) is 81.5 cm³/mol. The number of halogens is 1. The summed E-state index contributed by atoms with van der Waals surface area (Å²) in [6.45, 7) is 2.13. The fourth-order valence-corrected chi connectivity index (χ4v) is 2.53. The quantitative estimate of drug-likeness (QED) is 0.777. The molecule has 2 amide bonds. The van der Waals surface area contributed by atoms with Gasteiger partial charge >= 0.3 is 5.97 Å². The molecule has 1 aromatic rings. The minimum absolute atomic E-state index is 0.00907. The number of carbonyl (C=O) groups excluding carboxylic acids is 2. The molecule has 23 heavy (non-hydrogen) atoms. The number of carbonyl (C=O) groups is 3. The van der Waals surface area contributed by atoms with Gasteiger partial charge in [0.25, 0.3) is 0 Å². The fraction of sp³-hybridized carbons (Fsp3) is 0.438. The molecule has 2 N–H and O–H groups in total. The van der Waals surface area contributed by atoms with Crippen molar-refractivity contribution in [1.82, 2.24) is 5.32 Å². The highest BCUT2D eigenvalue weighted by molar-refractivity contribution is 6.00. The second-order valence-corrected chi connectivity index (χ2v) is 5.63. The average Bonchev–Trinajstić information content (AvgIpc) is 2.88. The number of hydrogen-bond acceptors (Lipinski definition) is 3. The molecular formula is C16H19FN2O4. The van der Waals surface area contributed by atoms with Gasteiger partial charge in [0.15, 0.2) is 0 Å². The molecule has 0 aliphatic carbocycles. The van der Waals surface area contributed by atoms with Crippen molar-refractivity contribution in [3.8, 4) is 0 Å². The zero-order chi connectivity index (χ0) is 17.0. The maximum atomic E-state index is 13.3. The highest BCUT2D eigenvalue weighted by Crippen LogP contribution is 2.26. The second-order valence-electron chi connectivity index (χ2n) is 5.63. The number of anilines is 1. The highest BCUT2D eigenvalue weighted by Gasteiger charge is 2.35. The molecule has 2 rings (SSSR count). The van der Waals surface area contributed by atoms with Crippen LogP contribution in [0.2, 0.25) is 0 Å². The van der Waals surface area contributed by atoms with Crippen molar-refractivity contribution in [2.24, 2.45) is 5.92 Å². The zero-order valence-corrected chi connectivity index (χ0v) is 12.8. The van der Waals surface area contributed by atoms with Gasteiger partial charge in [-0.3, -0.25) is 14.4 Å². The summed E-state index contributed by atoms with van der Waals surface area (Å²) in [7, 11) is 0. The van der Waals surface area contributed by atoms with Crippen LogP contribution >= 0.6 is 0 Å². The van der Waals surface area contributed by atoms with Crippen LogP contribution in [-0.2, 0) is 14.4 Å². The SMILES string of the molecule is Cc1cc(N2CC(C(=O)NCCCC(=O)O)CC2=O)ccc1F. The third kappa shape index (κ3) is 4.28. The van der Waals surface area contributed by atoms with Crippen LogP contribution in [0.3, 0.4) is 0 Å².